The van der Waals surface area contributed by atoms with Crippen LogP contribution in [0.15, 0.2) is 39.9 Å². The SMILES string of the molecule is COc1ccc(Br)cc1C(=O)NN=Cc1cc(OC)c(OC)c(OC)c1. The summed E-state index contributed by atoms with van der Waals surface area (Å²) in [6.45, 7) is 0. The minimum absolute atomic E-state index is 0.365. The van der Waals surface area contributed by atoms with Gasteiger partial charge in [0.1, 0.15) is 5.75 Å². The molecule has 0 spiro atoms. The molecule has 2 rings (SSSR count). The summed E-state index contributed by atoms with van der Waals surface area (Å²) in [4.78, 5) is 12.3. The van der Waals surface area contributed by atoms with E-state index >= 15 is 0 Å². The summed E-state index contributed by atoms with van der Waals surface area (Å²) in [5.74, 6) is 1.53. The summed E-state index contributed by atoms with van der Waals surface area (Å²) >= 11 is 3.33. The van der Waals surface area contributed by atoms with E-state index in [4.69, 9.17) is 18.9 Å². The van der Waals surface area contributed by atoms with Crippen LogP contribution >= 0.6 is 15.9 Å². The molecule has 0 atom stereocenters. The molecule has 7 nitrogen and oxygen atoms in total. The molecule has 0 unspecified atom stereocenters. The van der Waals surface area contributed by atoms with E-state index < -0.39 is 5.91 Å². The van der Waals surface area contributed by atoms with E-state index in [1.807, 2.05) is 0 Å². The van der Waals surface area contributed by atoms with Crippen LogP contribution < -0.4 is 24.4 Å². The summed E-state index contributed by atoms with van der Waals surface area (Å²) in [5, 5.41) is 3.98. The van der Waals surface area contributed by atoms with Gasteiger partial charge in [-0.1, -0.05) is 15.9 Å². The molecule has 0 fully saturated rings. The molecular weight excluding hydrogens is 404 g/mol. The summed E-state index contributed by atoms with van der Waals surface area (Å²) in [6, 6.07) is 8.58. The van der Waals surface area contributed by atoms with Crippen LogP contribution in [0.25, 0.3) is 0 Å². The topological polar surface area (TPSA) is 78.4 Å². The second-order valence-corrected chi connectivity index (χ2v) is 5.92. The molecule has 1 N–H and O–H groups in total. The van der Waals surface area contributed by atoms with E-state index in [1.165, 1.54) is 34.7 Å². The van der Waals surface area contributed by atoms with Crippen LogP contribution in [-0.4, -0.2) is 40.6 Å². The van der Waals surface area contributed by atoms with E-state index in [-0.39, 0.29) is 0 Å². The van der Waals surface area contributed by atoms with Crippen molar-refractivity contribution in [3.8, 4) is 23.0 Å². The molecule has 0 aliphatic rings. The van der Waals surface area contributed by atoms with Crippen LogP contribution in [-0.2, 0) is 0 Å². The van der Waals surface area contributed by atoms with Gasteiger partial charge in [0.25, 0.3) is 5.91 Å². The number of carbonyl (C=O) groups is 1. The highest BCUT2D eigenvalue weighted by atomic mass is 79.9. The van der Waals surface area contributed by atoms with Crippen molar-refractivity contribution in [2.45, 2.75) is 0 Å². The number of nitrogens with one attached hydrogen (secondary N) is 1. The zero-order valence-electron chi connectivity index (χ0n) is 14.8. The third kappa shape index (κ3) is 4.45. The molecule has 0 radical (unpaired) electrons. The molecule has 0 heterocycles. The predicted molar refractivity (Wildman–Crippen MR) is 102 cm³/mol. The van der Waals surface area contributed by atoms with Gasteiger partial charge in [-0.05, 0) is 30.3 Å². The lowest BCUT2D eigenvalue weighted by atomic mass is 10.2. The summed E-state index contributed by atoms with van der Waals surface area (Å²) in [7, 11) is 6.08. The third-order valence-electron chi connectivity index (χ3n) is 3.47. The number of ether oxygens (including phenoxy) is 4. The lowest BCUT2D eigenvalue weighted by Gasteiger charge is -2.12. The first-order chi connectivity index (χ1) is 12.5. The number of hydrogen-bond acceptors (Lipinski definition) is 6. The summed E-state index contributed by atoms with van der Waals surface area (Å²) < 4.78 is 21.8. The van der Waals surface area contributed by atoms with Gasteiger partial charge in [0.05, 0.1) is 40.2 Å². The second kappa shape index (κ2) is 9.10. The average molecular weight is 423 g/mol. The zero-order chi connectivity index (χ0) is 19.1. The van der Waals surface area contributed by atoms with Gasteiger partial charge in [0.2, 0.25) is 5.75 Å². The highest BCUT2D eigenvalue weighted by Crippen LogP contribution is 2.37. The minimum atomic E-state index is -0.396. The van der Waals surface area contributed by atoms with Gasteiger partial charge >= 0.3 is 0 Å². The van der Waals surface area contributed by atoms with Gasteiger partial charge in [-0.2, -0.15) is 5.10 Å². The van der Waals surface area contributed by atoms with E-state index in [9.17, 15) is 4.79 Å². The molecule has 138 valence electrons. The first-order valence-corrected chi connectivity index (χ1v) is 8.30. The fourth-order valence-electron chi connectivity index (χ4n) is 2.26. The average Bonchev–Trinajstić information content (AvgIpc) is 2.66. The number of methoxy groups -OCH3 is 4. The van der Waals surface area contributed by atoms with Gasteiger partial charge < -0.3 is 18.9 Å². The number of benzene rings is 2. The third-order valence-corrected chi connectivity index (χ3v) is 3.97. The Kier molecular flexibility index (Phi) is 6.85. The van der Waals surface area contributed by atoms with E-state index in [2.05, 4.69) is 26.5 Å². The Morgan fingerprint density at radius 2 is 1.58 bits per heavy atom. The molecule has 0 aromatic heterocycles. The molecule has 0 aliphatic carbocycles. The Balaban J connectivity index is 2.20. The number of amides is 1. The smallest absolute Gasteiger partial charge is 0.275 e. The van der Waals surface area contributed by atoms with Crippen molar-refractivity contribution in [3.63, 3.8) is 0 Å². The monoisotopic (exact) mass is 422 g/mol. The molecule has 8 heteroatoms. The van der Waals surface area contributed by atoms with Crippen LogP contribution in [0.5, 0.6) is 23.0 Å². The number of hydrazone groups is 1. The molecule has 0 saturated heterocycles. The standard InChI is InChI=1S/C18H19BrN2O5/c1-23-14-6-5-12(19)9-13(14)18(22)21-20-10-11-7-15(24-2)17(26-4)16(8-11)25-3/h5-10H,1-4H3,(H,21,22). The molecule has 0 aliphatic heterocycles. The molecule has 0 saturated carbocycles. The van der Waals surface area contributed by atoms with Crippen LogP contribution in [0.1, 0.15) is 15.9 Å². The van der Waals surface area contributed by atoms with E-state index in [1.54, 1.807) is 30.3 Å². The second-order valence-electron chi connectivity index (χ2n) is 5.00. The van der Waals surface area contributed by atoms with Crippen molar-refractivity contribution in [3.05, 3.63) is 45.9 Å². The number of carbonyl (C=O) groups excluding carboxylic acids is 1. The van der Waals surface area contributed by atoms with Crippen molar-refractivity contribution in [1.29, 1.82) is 0 Å². The predicted octanol–water partition coefficient (Wildman–Crippen LogP) is 3.25. The molecule has 2 aromatic carbocycles. The largest absolute Gasteiger partial charge is 0.496 e. The first-order valence-electron chi connectivity index (χ1n) is 7.51. The number of hydrogen-bond donors (Lipinski definition) is 1. The maximum atomic E-state index is 12.3. The zero-order valence-corrected chi connectivity index (χ0v) is 16.4. The fraction of sp³-hybridized carbons (Fsp3) is 0.222. The van der Waals surface area contributed by atoms with Crippen LogP contribution in [0.2, 0.25) is 0 Å². The fourth-order valence-corrected chi connectivity index (χ4v) is 2.62. The molecule has 26 heavy (non-hydrogen) atoms. The van der Waals surface area contributed by atoms with Gasteiger partial charge in [0, 0.05) is 10.0 Å². The molecular formula is C18H19BrN2O5. The molecule has 2 aromatic rings. The van der Waals surface area contributed by atoms with Crippen molar-refractivity contribution < 1.29 is 23.7 Å². The molecule has 0 bridgehead atoms. The Morgan fingerprint density at radius 1 is 0.962 bits per heavy atom. The Hall–Kier alpha value is -2.74. The highest BCUT2D eigenvalue weighted by Gasteiger charge is 2.14. The van der Waals surface area contributed by atoms with Crippen molar-refractivity contribution in [2.24, 2.45) is 5.10 Å². The van der Waals surface area contributed by atoms with Gasteiger partial charge in [0.15, 0.2) is 11.5 Å². The van der Waals surface area contributed by atoms with Gasteiger partial charge in [-0.15, -0.1) is 0 Å². The maximum Gasteiger partial charge on any atom is 0.275 e. The highest BCUT2D eigenvalue weighted by molar-refractivity contribution is 9.10. The lowest BCUT2D eigenvalue weighted by molar-refractivity contribution is 0.0952. The van der Waals surface area contributed by atoms with Gasteiger partial charge in [-0.3, -0.25) is 4.79 Å². The van der Waals surface area contributed by atoms with Crippen molar-refractivity contribution >= 4 is 28.1 Å². The number of nitrogens with zero attached hydrogens (tertiary/aromatic N) is 1. The molecule has 1 amide bonds. The number of rotatable bonds is 7. The quantitative estimate of drug-likeness (QED) is 0.547. The van der Waals surface area contributed by atoms with Crippen LogP contribution in [0.3, 0.4) is 0 Å². The van der Waals surface area contributed by atoms with Gasteiger partial charge in [-0.25, -0.2) is 5.43 Å². The van der Waals surface area contributed by atoms with E-state index in [0.29, 0.717) is 34.1 Å². The van der Waals surface area contributed by atoms with Crippen molar-refractivity contribution in [2.75, 3.05) is 28.4 Å². The normalized spacial score (nSPS) is 10.5. The van der Waals surface area contributed by atoms with Crippen molar-refractivity contribution in [1.82, 2.24) is 5.43 Å². The number of halogens is 1. The summed E-state index contributed by atoms with van der Waals surface area (Å²) in [5.41, 5.74) is 3.50. The summed E-state index contributed by atoms with van der Waals surface area (Å²) in [6.07, 6.45) is 1.48. The van der Waals surface area contributed by atoms with Crippen LogP contribution in [0, 0.1) is 0 Å². The Bertz CT molecular complexity index is 798. The lowest BCUT2D eigenvalue weighted by Crippen LogP contribution is -2.18. The Labute approximate surface area is 160 Å². The van der Waals surface area contributed by atoms with E-state index in [0.717, 1.165) is 4.47 Å². The minimum Gasteiger partial charge on any atom is -0.496 e. The Morgan fingerprint density at radius 3 is 2.12 bits per heavy atom. The van der Waals surface area contributed by atoms with Crippen LogP contribution in [0.4, 0.5) is 0 Å². The maximum absolute atomic E-state index is 12.3. The first kappa shape index (κ1) is 19.6.